The van der Waals surface area contributed by atoms with Crippen molar-refractivity contribution in [1.29, 1.82) is 0 Å². The lowest BCUT2D eigenvalue weighted by molar-refractivity contribution is -0.301. The Labute approximate surface area is 158 Å². The van der Waals surface area contributed by atoms with E-state index in [0.29, 0.717) is 6.42 Å². The number of rotatable bonds is 1. The molecule has 27 heavy (non-hydrogen) atoms. The average molecular weight is 380 g/mol. The van der Waals surface area contributed by atoms with Crippen molar-refractivity contribution >= 4 is 11.8 Å². The molecule has 0 radical (unpaired) electrons. The summed E-state index contributed by atoms with van der Waals surface area (Å²) < 4.78 is 5.67. The van der Waals surface area contributed by atoms with Crippen molar-refractivity contribution in [2.75, 3.05) is 6.61 Å². The Bertz CT molecular complexity index is 717. The van der Waals surface area contributed by atoms with Gasteiger partial charge in [-0.15, -0.1) is 0 Å². The zero-order valence-electron chi connectivity index (χ0n) is 15.8. The van der Waals surface area contributed by atoms with Crippen LogP contribution in [0.1, 0.15) is 33.6 Å². The molecule has 4 aliphatic rings. The molecule has 1 aliphatic heterocycles. The first-order valence-electron chi connectivity index (χ1n) is 9.67. The number of carbonyl (C=O) groups excluding carboxylic acids is 2. The van der Waals surface area contributed by atoms with Crippen LogP contribution in [0.4, 0.5) is 0 Å². The summed E-state index contributed by atoms with van der Waals surface area (Å²) in [7, 11) is 0. The molecular formula is C20H28O7. The van der Waals surface area contributed by atoms with Crippen LogP contribution in [0.15, 0.2) is 11.6 Å². The highest BCUT2D eigenvalue weighted by molar-refractivity contribution is 5.96. The highest BCUT2D eigenvalue weighted by Gasteiger charge is 2.73. The molecule has 0 unspecified atom stereocenters. The molecule has 1 heterocycles. The molecule has 3 fully saturated rings. The third-order valence-electron chi connectivity index (χ3n) is 8.32. The molecule has 10 atom stereocenters. The van der Waals surface area contributed by atoms with E-state index in [2.05, 4.69) is 0 Å². The lowest BCUT2D eigenvalue weighted by atomic mass is 9.38. The van der Waals surface area contributed by atoms with Gasteiger partial charge in [-0.25, -0.2) is 0 Å². The van der Waals surface area contributed by atoms with Gasteiger partial charge in [0.15, 0.2) is 5.78 Å². The fraction of sp³-hybridized carbons (Fsp3) is 0.800. The SMILES string of the molecule is CC1=CC(=O)[C@@H](O)[C@]2(C)[C@H]3[C@@H](O)[C@H](O)[C@H](C)[C@@H]4CC(=O)O[C@H](C[C@@H]12)[C@]34CO. The molecule has 7 nitrogen and oxygen atoms in total. The second-order valence-corrected chi connectivity index (χ2v) is 9.23. The predicted octanol–water partition coefficient (Wildman–Crippen LogP) is -0.199. The Balaban J connectivity index is 1.97. The molecule has 4 N–H and O–H groups in total. The number of esters is 1. The van der Waals surface area contributed by atoms with Crippen molar-refractivity contribution in [3.8, 4) is 0 Å². The third kappa shape index (κ3) is 2.11. The van der Waals surface area contributed by atoms with E-state index in [1.165, 1.54) is 6.08 Å². The number of hydrogen-bond donors (Lipinski definition) is 4. The fourth-order valence-electron chi connectivity index (χ4n) is 7.06. The average Bonchev–Trinajstić information content (AvgIpc) is 2.62. The van der Waals surface area contributed by atoms with Gasteiger partial charge in [0.2, 0.25) is 0 Å². The molecule has 4 rings (SSSR count). The number of carbonyl (C=O) groups is 2. The maximum Gasteiger partial charge on any atom is 0.306 e. The Hall–Kier alpha value is -1.28. The van der Waals surface area contributed by atoms with Gasteiger partial charge in [-0.2, -0.15) is 0 Å². The van der Waals surface area contributed by atoms with E-state index >= 15 is 0 Å². The smallest absolute Gasteiger partial charge is 0.306 e. The van der Waals surface area contributed by atoms with Crippen LogP contribution in [-0.2, 0) is 14.3 Å². The van der Waals surface area contributed by atoms with Gasteiger partial charge in [0, 0.05) is 23.2 Å². The number of ether oxygens (including phenoxy) is 1. The van der Waals surface area contributed by atoms with E-state index in [9.17, 15) is 30.0 Å². The van der Waals surface area contributed by atoms with Crippen molar-refractivity contribution in [3.63, 3.8) is 0 Å². The predicted molar refractivity (Wildman–Crippen MR) is 93.2 cm³/mol. The quantitative estimate of drug-likeness (QED) is 0.465. The highest BCUT2D eigenvalue weighted by atomic mass is 16.5. The first-order chi connectivity index (χ1) is 12.6. The monoisotopic (exact) mass is 380 g/mol. The topological polar surface area (TPSA) is 124 Å². The minimum Gasteiger partial charge on any atom is -0.462 e. The Morgan fingerprint density at radius 3 is 2.52 bits per heavy atom. The Kier molecular flexibility index (Phi) is 4.14. The minimum absolute atomic E-state index is 0.0398. The number of aliphatic hydroxyl groups excluding tert-OH is 4. The molecular weight excluding hydrogens is 352 g/mol. The van der Waals surface area contributed by atoms with Crippen LogP contribution >= 0.6 is 0 Å². The van der Waals surface area contributed by atoms with Crippen LogP contribution in [0.25, 0.3) is 0 Å². The lowest BCUT2D eigenvalue weighted by Crippen LogP contribution is -2.75. The van der Waals surface area contributed by atoms with E-state index in [-0.39, 0.29) is 24.9 Å². The zero-order valence-corrected chi connectivity index (χ0v) is 15.8. The molecule has 0 aromatic heterocycles. The second-order valence-electron chi connectivity index (χ2n) is 9.23. The normalized spacial score (nSPS) is 54.6. The van der Waals surface area contributed by atoms with E-state index < -0.39 is 58.8 Å². The molecule has 0 aromatic carbocycles. The summed E-state index contributed by atoms with van der Waals surface area (Å²) in [6.45, 7) is 4.98. The summed E-state index contributed by atoms with van der Waals surface area (Å²) in [6, 6.07) is 0. The summed E-state index contributed by atoms with van der Waals surface area (Å²) in [4.78, 5) is 24.7. The van der Waals surface area contributed by atoms with Gasteiger partial charge in [-0.1, -0.05) is 19.4 Å². The standard InChI is InChI=1S/C20H28O7/c1-8-4-12(22)18(26)19(3)10(8)5-13-20(7-21)11(6-14(23)27-13)9(2)15(24)16(25)17(19)20/h4,9-11,13,15-18,21,24-26H,5-7H2,1-3H3/t9-,10+,11+,13-,15-,16+,17-,18-,19+,20-/m1/s1. The summed E-state index contributed by atoms with van der Waals surface area (Å²) in [5.41, 5.74) is -1.31. The number of hydrogen-bond acceptors (Lipinski definition) is 7. The van der Waals surface area contributed by atoms with Gasteiger partial charge < -0.3 is 25.2 Å². The molecule has 2 saturated carbocycles. The van der Waals surface area contributed by atoms with Crippen molar-refractivity contribution in [2.24, 2.45) is 34.5 Å². The van der Waals surface area contributed by atoms with E-state index in [1.54, 1.807) is 20.8 Å². The first-order valence-corrected chi connectivity index (χ1v) is 9.67. The second kappa shape index (κ2) is 5.86. The van der Waals surface area contributed by atoms with Crippen LogP contribution in [0.5, 0.6) is 0 Å². The molecule has 7 heteroatoms. The van der Waals surface area contributed by atoms with Crippen molar-refractivity contribution in [3.05, 3.63) is 11.6 Å². The number of ketones is 1. The van der Waals surface area contributed by atoms with E-state index in [1.807, 2.05) is 0 Å². The number of allylic oxidation sites excluding steroid dienone is 1. The summed E-state index contributed by atoms with van der Waals surface area (Å²) in [5.74, 6) is -2.72. The minimum atomic E-state index is -1.35. The van der Waals surface area contributed by atoms with Gasteiger partial charge >= 0.3 is 5.97 Å². The van der Waals surface area contributed by atoms with Crippen LogP contribution in [0.2, 0.25) is 0 Å². The molecule has 3 aliphatic carbocycles. The Morgan fingerprint density at radius 2 is 1.89 bits per heavy atom. The van der Waals surface area contributed by atoms with Gasteiger partial charge in [-0.05, 0) is 37.2 Å². The zero-order chi connectivity index (χ0) is 19.9. The summed E-state index contributed by atoms with van der Waals surface area (Å²) >= 11 is 0. The van der Waals surface area contributed by atoms with E-state index in [4.69, 9.17) is 4.74 Å². The highest BCUT2D eigenvalue weighted by Crippen LogP contribution is 2.68. The molecule has 1 saturated heterocycles. The van der Waals surface area contributed by atoms with Crippen LogP contribution in [0.3, 0.4) is 0 Å². The maximum absolute atomic E-state index is 12.5. The van der Waals surface area contributed by atoms with Crippen molar-refractivity contribution < 1.29 is 34.8 Å². The molecule has 0 spiro atoms. The first kappa shape index (κ1) is 19.1. The third-order valence-corrected chi connectivity index (χ3v) is 8.32. The maximum atomic E-state index is 12.5. The number of fused-ring (bicyclic) bond motifs is 2. The Morgan fingerprint density at radius 1 is 1.22 bits per heavy atom. The van der Waals surface area contributed by atoms with Crippen molar-refractivity contribution in [2.45, 2.75) is 58.0 Å². The van der Waals surface area contributed by atoms with Crippen molar-refractivity contribution in [1.82, 2.24) is 0 Å². The molecule has 150 valence electrons. The molecule has 0 amide bonds. The number of aliphatic hydroxyl groups is 4. The van der Waals surface area contributed by atoms with Crippen LogP contribution in [-0.4, -0.2) is 63.2 Å². The van der Waals surface area contributed by atoms with Gasteiger partial charge in [0.25, 0.3) is 0 Å². The lowest BCUT2D eigenvalue weighted by Gasteiger charge is -2.69. The van der Waals surface area contributed by atoms with Crippen LogP contribution < -0.4 is 0 Å². The van der Waals surface area contributed by atoms with Gasteiger partial charge in [0.05, 0.1) is 18.8 Å². The van der Waals surface area contributed by atoms with Gasteiger partial charge in [-0.3, -0.25) is 9.59 Å². The fourth-order valence-corrected chi connectivity index (χ4v) is 7.06. The largest absolute Gasteiger partial charge is 0.462 e. The van der Waals surface area contributed by atoms with E-state index in [0.717, 1.165) is 5.57 Å². The summed E-state index contributed by atoms with van der Waals surface area (Å²) in [5, 5.41) is 43.3. The van der Waals surface area contributed by atoms with Gasteiger partial charge in [0.1, 0.15) is 12.2 Å². The van der Waals surface area contributed by atoms with Crippen LogP contribution in [0, 0.1) is 34.5 Å². The molecule has 0 bridgehead atoms. The molecule has 0 aromatic rings. The summed E-state index contributed by atoms with van der Waals surface area (Å²) in [6.07, 6.45) is -2.52.